The lowest BCUT2D eigenvalue weighted by Gasteiger charge is -2.12. The van der Waals surface area contributed by atoms with Gasteiger partial charge in [0.15, 0.2) is 5.96 Å². The quantitative estimate of drug-likeness (QED) is 0.309. The van der Waals surface area contributed by atoms with Crippen LogP contribution in [0.4, 0.5) is 5.69 Å². The van der Waals surface area contributed by atoms with Crippen LogP contribution >= 0.6 is 35.6 Å². The first-order valence-electron chi connectivity index (χ1n) is 8.49. The number of aliphatic imine (C=N–C) groups is 1. The van der Waals surface area contributed by atoms with Gasteiger partial charge < -0.3 is 16.0 Å². The number of benzene rings is 1. The zero-order chi connectivity index (χ0) is 18.8. The highest BCUT2D eigenvalue weighted by atomic mass is 127. The van der Waals surface area contributed by atoms with E-state index in [0.29, 0.717) is 36.2 Å². The molecule has 6 nitrogen and oxygen atoms in total. The molecule has 0 aliphatic rings. The number of rotatable bonds is 7. The molecule has 1 aromatic heterocycles. The molecule has 0 saturated heterocycles. The molecule has 0 fully saturated rings. The molecule has 0 bridgehead atoms. The summed E-state index contributed by atoms with van der Waals surface area (Å²) < 4.78 is 0. The summed E-state index contributed by atoms with van der Waals surface area (Å²) in [6, 6.07) is 11.4. The predicted molar refractivity (Wildman–Crippen MR) is 122 cm³/mol. The Morgan fingerprint density at radius 3 is 2.63 bits per heavy atom. The lowest BCUT2D eigenvalue weighted by atomic mass is 10.2. The molecular formula is C19H25ClIN5O. The highest BCUT2D eigenvalue weighted by molar-refractivity contribution is 14.0. The molecule has 1 aromatic carbocycles. The summed E-state index contributed by atoms with van der Waals surface area (Å²) in [5.74, 6) is 0.550. The average Bonchev–Trinajstić information content (AvgIpc) is 2.63. The zero-order valence-electron chi connectivity index (χ0n) is 15.5. The maximum Gasteiger partial charge on any atom is 0.226 e. The first-order chi connectivity index (χ1) is 12.6. The molecule has 1 heterocycles. The van der Waals surface area contributed by atoms with Crippen LogP contribution in [0.2, 0.25) is 5.02 Å². The van der Waals surface area contributed by atoms with Crippen molar-refractivity contribution in [3.63, 3.8) is 0 Å². The zero-order valence-corrected chi connectivity index (χ0v) is 18.5. The number of hydrogen-bond acceptors (Lipinski definition) is 3. The highest BCUT2D eigenvalue weighted by Crippen LogP contribution is 2.22. The Hall–Kier alpha value is -1.87. The Bertz CT molecular complexity index is 755. The minimum Gasteiger partial charge on any atom is -0.356 e. The Morgan fingerprint density at radius 2 is 1.96 bits per heavy atom. The van der Waals surface area contributed by atoms with E-state index >= 15 is 0 Å². The monoisotopic (exact) mass is 501 g/mol. The van der Waals surface area contributed by atoms with Crippen LogP contribution < -0.4 is 16.0 Å². The maximum atomic E-state index is 12.0. The van der Waals surface area contributed by atoms with Crippen molar-refractivity contribution in [3.8, 4) is 0 Å². The van der Waals surface area contributed by atoms with Crippen LogP contribution in [0.1, 0.15) is 17.7 Å². The lowest BCUT2D eigenvalue weighted by Crippen LogP contribution is -2.39. The molecular weight excluding hydrogens is 477 g/mol. The minimum atomic E-state index is -0.104. The number of guanidine groups is 1. The number of halogens is 2. The third kappa shape index (κ3) is 8.57. The van der Waals surface area contributed by atoms with Gasteiger partial charge in [-0.3, -0.25) is 14.8 Å². The summed E-state index contributed by atoms with van der Waals surface area (Å²) in [4.78, 5) is 20.5. The molecule has 2 aromatic rings. The second-order valence-corrected chi connectivity index (χ2v) is 6.19. The molecule has 0 aliphatic heterocycles. The van der Waals surface area contributed by atoms with Gasteiger partial charge in [-0.1, -0.05) is 23.7 Å². The molecule has 0 radical (unpaired) electrons. The van der Waals surface area contributed by atoms with E-state index in [1.54, 1.807) is 19.3 Å². The van der Waals surface area contributed by atoms with E-state index in [1.807, 2.05) is 37.3 Å². The Kier molecular flexibility index (Phi) is 10.7. The van der Waals surface area contributed by atoms with Crippen LogP contribution in [-0.2, 0) is 11.2 Å². The molecule has 146 valence electrons. The van der Waals surface area contributed by atoms with Gasteiger partial charge in [-0.25, -0.2) is 0 Å². The second-order valence-electron chi connectivity index (χ2n) is 5.78. The van der Waals surface area contributed by atoms with Crippen molar-refractivity contribution in [1.29, 1.82) is 0 Å². The van der Waals surface area contributed by atoms with Crippen LogP contribution in [0.3, 0.4) is 0 Å². The number of hydrogen-bond donors (Lipinski definition) is 3. The molecule has 0 spiro atoms. The Morgan fingerprint density at radius 1 is 1.19 bits per heavy atom. The number of carbonyl (C=O) groups excluding carboxylic acids is 1. The van der Waals surface area contributed by atoms with Crippen molar-refractivity contribution in [1.82, 2.24) is 15.6 Å². The first kappa shape index (κ1) is 23.2. The van der Waals surface area contributed by atoms with Crippen LogP contribution in [0, 0.1) is 6.92 Å². The highest BCUT2D eigenvalue weighted by Gasteiger charge is 2.06. The van der Waals surface area contributed by atoms with Crippen molar-refractivity contribution >= 4 is 53.1 Å². The topological polar surface area (TPSA) is 78.4 Å². The van der Waals surface area contributed by atoms with Crippen molar-refractivity contribution in [2.45, 2.75) is 19.8 Å². The molecule has 2 rings (SSSR count). The number of pyridine rings is 1. The van der Waals surface area contributed by atoms with E-state index in [9.17, 15) is 4.79 Å². The molecule has 0 atom stereocenters. The van der Waals surface area contributed by atoms with E-state index < -0.39 is 0 Å². The van der Waals surface area contributed by atoms with Crippen LogP contribution in [0.5, 0.6) is 0 Å². The van der Waals surface area contributed by atoms with E-state index in [-0.39, 0.29) is 29.9 Å². The van der Waals surface area contributed by atoms with Gasteiger partial charge in [0.1, 0.15) is 0 Å². The molecule has 27 heavy (non-hydrogen) atoms. The van der Waals surface area contributed by atoms with E-state index in [2.05, 4.69) is 25.9 Å². The first-order valence-corrected chi connectivity index (χ1v) is 8.86. The summed E-state index contributed by atoms with van der Waals surface area (Å²) in [7, 11) is 1.70. The van der Waals surface area contributed by atoms with Crippen molar-refractivity contribution in [3.05, 3.63) is 58.9 Å². The molecule has 0 saturated carbocycles. The van der Waals surface area contributed by atoms with Gasteiger partial charge in [0.25, 0.3) is 0 Å². The number of aryl methyl sites for hydroxylation is 1. The van der Waals surface area contributed by atoms with E-state index in [1.165, 1.54) is 0 Å². The smallest absolute Gasteiger partial charge is 0.226 e. The fourth-order valence-corrected chi connectivity index (χ4v) is 2.59. The summed E-state index contributed by atoms with van der Waals surface area (Å²) in [6.07, 6.45) is 2.89. The fourth-order valence-electron chi connectivity index (χ4n) is 2.30. The summed E-state index contributed by atoms with van der Waals surface area (Å²) >= 11 is 6.12. The molecule has 0 aliphatic carbocycles. The fraction of sp³-hybridized carbons (Fsp3) is 0.316. The molecule has 8 heteroatoms. The number of anilines is 1. The van der Waals surface area contributed by atoms with Gasteiger partial charge in [0, 0.05) is 44.9 Å². The number of carbonyl (C=O) groups is 1. The standard InChI is InChI=1S/C19H24ClN5O.HI/c1-14-6-7-17(16(20)13-14)25-18(26)9-12-24-19(21-2)23-11-8-15-5-3-4-10-22-15;/h3-7,10,13H,8-9,11-12H2,1-2H3,(H,25,26)(H2,21,23,24);1H. The van der Waals surface area contributed by atoms with Crippen LogP contribution in [0.25, 0.3) is 0 Å². The van der Waals surface area contributed by atoms with Crippen molar-refractivity contribution in [2.75, 3.05) is 25.5 Å². The number of nitrogens with one attached hydrogen (secondary N) is 3. The Balaban J connectivity index is 0.00000364. The lowest BCUT2D eigenvalue weighted by molar-refractivity contribution is -0.116. The van der Waals surface area contributed by atoms with Gasteiger partial charge >= 0.3 is 0 Å². The van der Waals surface area contributed by atoms with Gasteiger partial charge in [0.2, 0.25) is 5.91 Å². The Labute approximate surface area is 182 Å². The minimum absolute atomic E-state index is 0. The number of aromatic nitrogens is 1. The summed E-state index contributed by atoms with van der Waals surface area (Å²) in [5, 5.41) is 9.68. The van der Waals surface area contributed by atoms with E-state index in [4.69, 9.17) is 11.6 Å². The average molecular weight is 502 g/mol. The predicted octanol–water partition coefficient (Wildman–Crippen LogP) is 3.40. The van der Waals surface area contributed by atoms with Gasteiger partial charge in [0.05, 0.1) is 10.7 Å². The maximum absolute atomic E-state index is 12.0. The molecule has 3 N–H and O–H groups in total. The largest absolute Gasteiger partial charge is 0.356 e. The van der Waals surface area contributed by atoms with Gasteiger partial charge in [-0.15, -0.1) is 24.0 Å². The van der Waals surface area contributed by atoms with Crippen molar-refractivity contribution in [2.24, 2.45) is 4.99 Å². The third-order valence-corrected chi connectivity index (χ3v) is 3.98. The normalized spacial score (nSPS) is 10.7. The second kappa shape index (κ2) is 12.5. The summed E-state index contributed by atoms with van der Waals surface area (Å²) in [6.45, 7) is 3.13. The summed E-state index contributed by atoms with van der Waals surface area (Å²) in [5.41, 5.74) is 2.69. The van der Waals surface area contributed by atoms with Crippen molar-refractivity contribution < 1.29 is 4.79 Å². The number of nitrogens with zero attached hydrogens (tertiary/aromatic N) is 2. The van der Waals surface area contributed by atoms with Gasteiger partial charge in [-0.05, 0) is 36.8 Å². The molecule has 1 amide bonds. The van der Waals surface area contributed by atoms with Gasteiger partial charge in [-0.2, -0.15) is 0 Å². The molecule has 0 unspecified atom stereocenters. The number of amides is 1. The van der Waals surface area contributed by atoms with Crippen LogP contribution in [-0.4, -0.2) is 37.0 Å². The SMILES string of the molecule is CN=C(NCCC(=O)Nc1ccc(C)cc1Cl)NCCc1ccccn1.I. The van der Waals surface area contributed by atoms with E-state index in [0.717, 1.165) is 17.7 Å². The third-order valence-electron chi connectivity index (χ3n) is 3.67. The van der Waals surface area contributed by atoms with Crippen LogP contribution in [0.15, 0.2) is 47.6 Å².